The Morgan fingerprint density at radius 2 is 1.63 bits per heavy atom. The van der Waals surface area contributed by atoms with Crippen LogP contribution in [0.5, 0.6) is 0 Å². The highest BCUT2D eigenvalue weighted by molar-refractivity contribution is 5.79. The van der Waals surface area contributed by atoms with Crippen molar-refractivity contribution in [1.82, 2.24) is 9.80 Å². The van der Waals surface area contributed by atoms with E-state index < -0.39 is 0 Å². The van der Waals surface area contributed by atoms with Crippen molar-refractivity contribution in [3.05, 3.63) is 0 Å². The van der Waals surface area contributed by atoms with Crippen LogP contribution in [0.4, 0.5) is 0 Å². The van der Waals surface area contributed by atoms with Crippen molar-refractivity contribution in [2.45, 2.75) is 31.2 Å². The minimum Gasteiger partial charge on any atom is -0.375 e. The Morgan fingerprint density at radius 1 is 1.11 bits per heavy atom. The number of nitrogens with zero attached hydrogens (tertiary/aromatic N) is 2. The van der Waals surface area contributed by atoms with Crippen LogP contribution in [0.2, 0.25) is 0 Å². The average Bonchev–Trinajstić information content (AvgIpc) is 2.37. The van der Waals surface area contributed by atoms with Crippen molar-refractivity contribution in [1.29, 1.82) is 0 Å². The lowest BCUT2D eigenvalue weighted by atomic mass is 9.75. The van der Waals surface area contributed by atoms with Gasteiger partial charge in [0, 0.05) is 45.2 Å². The van der Waals surface area contributed by atoms with Gasteiger partial charge >= 0.3 is 0 Å². The van der Waals surface area contributed by atoms with Crippen LogP contribution in [0.15, 0.2) is 0 Å². The number of amides is 2. The summed E-state index contributed by atoms with van der Waals surface area (Å²) in [4.78, 5) is 27.3. The van der Waals surface area contributed by atoms with Crippen molar-refractivity contribution in [3.63, 3.8) is 0 Å². The van der Waals surface area contributed by atoms with Crippen LogP contribution in [0.25, 0.3) is 0 Å². The number of carbonyl (C=O) groups is 2. The van der Waals surface area contributed by atoms with Gasteiger partial charge in [-0.3, -0.25) is 9.59 Å². The quantitative estimate of drug-likeness (QED) is 0.752. The first-order valence-electron chi connectivity index (χ1n) is 6.87. The van der Waals surface area contributed by atoms with Crippen molar-refractivity contribution in [3.8, 4) is 0 Å². The molecule has 0 aromatic heterocycles. The molecule has 108 valence electrons. The Morgan fingerprint density at radius 3 is 2.05 bits per heavy atom. The molecule has 0 bridgehead atoms. The fourth-order valence-corrected chi connectivity index (χ4v) is 2.64. The molecule has 1 heterocycles. The molecule has 2 aliphatic rings. The standard InChI is InChI=1S/C13H23N3O3/c1-19-10-12(18)16-7-5-15(6-8-16)11(17)9-13(14)3-2-4-13/h2-10,14H2,1H3. The normalized spacial score (nSPS) is 22.0. The second-order valence-electron chi connectivity index (χ2n) is 5.59. The Kier molecular flexibility index (Phi) is 4.42. The number of hydrogen-bond donors (Lipinski definition) is 1. The summed E-state index contributed by atoms with van der Waals surface area (Å²) in [6, 6.07) is 0. The van der Waals surface area contributed by atoms with Crippen molar-refractivity contribution in [2.24, 2.45) is 5.73 Å². The molecule has 2 N–H and O–H groups in total. The highest BCUT2D eigenvalue weighted by atomic mass is 16.5. The largest absolute Gasteiger partial charge is 0.375 e. The van der Waals surface area contributed by atoms with Gasteiger partial charge in [0.05, 0.1) is 0 Å². The van der Waals surface area contributed by atoms with Gasteiger partial charge in [-0.15, -0.1) is 0 Å². The Labute approximate surface area is 113 Å². The highest BCUT2D eigenvalue weighted by Crippen LogP contribution is 2.32. The smallest absolute Gasteiger partial charge is 0.248 e. The molecular weight excluding hydrogens is 246 g/mol. The summed E-state index contributed by atoms with van der Waals surface area (Å²) in [5.74, 6) is 0.116. The molecule has 0 aromatic carbocycles. The van der Waals surface area contributed by atoms with Gasteiger partial charge in [-0.2, -0.15) is 0 Å². The number of rotatable bonds is 4. The van der Waals surface area contributed by atoms with Gasteiger partial charge < -0.3 is 20.3 Å². The van der Waals surface area contributed by atoms with Crippen LogP contribution in [0.1, 0.15) is 25.7 Å². The summed E-state index contributed by atoms with van der Waals surface area (Å²) >= 11 is 0. The van der Waals surface area contributed by atoms with E-state index in [1.54, 1.807) is 4.90 Å². The van der Waals surface area contributed by atoms with E-state index in [2.05, 4.69) is 0 Å². The molecule has 1 aliphatic heterocycles. The number of methoxy groups -OCH3 is 1. The number of carbonyl (C=O) groups excluding carboxylic acids is 2. The number of nitrogens with two attached hydrogens (primary N) is 1. The van der Waals surface area contributed by atoms with E-state index in [0.717, 1.165) is 19.3 Å². The van der Waals surface area contributed by atoms with E-state index in [4.69, 9.17) is 10.5 Å². The molecule has 6 nitrogen and oxygen atoms in total. The van der Waals surface area contributed by atoms with Crippen LogP contribution in [0.3, 0.4) is 0 Å². The van der Waals surface area contributed by atoms with E-state index in [0.29, 0.717) is 32.6 Å². The fourth-order valence-electron chi connectivity index (χ4n) is 2.64. The summed E-state index contributed by atoms with van der Waals surface area (Å²) in [7, 11) is 1.51. The second kappa shape index (κ2) is 5.88. The van der Waals surface area contributed by atoms with E-state index in [1.165, 1.54) is 7.11 Å². The second-order valence-corrected chi connectivity index (χ2v) is 5.59. The SMILES string of the molecule is COCC(=O)N1CCN(C(=O)CC2(N)CCC2)CC1. The first kappa shape index (κ1) is 14.3. The van der Waals surface area contributed by atoms with Crippen LogP contribution < -0.4 is 5.73 Å². The summed E-state index contributed by atoms with van der Waals surface area (Å²) in [6.07, 6.45) is 3.47. The molecule has 6 heteroatoms. The maximum Gasteiger partial charge on any atom is 0.248 e. The van der Waals surface area contributed by atoms with Gasteiger partial charge in [-0.1, -0.05) is 0 Å². The minimum absolute atomic E-state index is 0.0103. The van der Waals surface area contributed by atoms with Crippen molar-refractivity contribution in [2.75, 3.05) is 39.9 Å². The maximum absolute atomic E-state index is 12.1. The topological polar surface area (TPSA) is 75.9 Å². The minimum atomic E-state index is -0.264. The average molecular weight is 269 g/mol. The molecule has 19 heavy (non-hydrogen) atoms. The zero-order chi connectivity index (χ0) is 13.9. The first-order valence-corrected chi connectivity index (χ1v) is 6.87. The zero-order valence-electron chi connectivity index (χ0n) is 11.6. The monoisotopic (exact) mass is 269 g/mol. The van der Waals surface area contributed by atoms with Gasteiger partial charge in [0.25, 0.3) is 0 Å². The Balaban J connectivity index is 1.76. The van der Waals surface area contributed by atoms with Gasteiger partial charge in [0.1, 0.15) is 6.61 Å². The lowest BCUT2D eigenvalue weighted by Gasteiger charge is -2.40. The first-order chi connectivity index (χ1) is 9.04. The predicted octanol–water partition coefficient (Wildman–Crippen LogP) is -0.425. The summed E-state index contributed by atoms with van der Waals surface area (Å²) in [6.45, 7) is 2.49. The van der Waals surface area contributed by atoms with Gasteiger partial charge in [-0.05, 0) is 19.3 Å². The summed E-state index contributed by atoms with van der Waals surface area (Å²) < 4.78 is 4.83. The Bertz CT molecular complexity index is 347. The van der Waals surface area contributed by atoms with E-state index in [9.17, 15) is 9.59 Å². The zero-order valence-corrected chi connectivity index (χ0v) is 11.6. The summed E-state index contributed by atoms with van der Waals surface area (Å²) in [5, 5.41) is 0. The van der Waals surface area contributed by atoms with E-state index in [-0.39, 0.29) is 24.0 Å². The highest BCUT2D eigenvalue weighted by Gasteiger charge is 2.36. The van der Waals surface area contributed by atoms with E-state index in [1.807, 2.05) is 4.90 Å². The molecule has 2 fully saturated rings. The fraction of sp³-hybridized carbons (Fsp3) is 0.846. The molecule has 1 saturated heterocycles. The third-order valence-electron chi connectivity index (χ3n) is 4.11. The molecule has 2 amide bonds. The number of piperazine rings is 1. The summed E-state index contributed by atoms with van der Waals surface area (Å²) in [5.41, 5.74) is 5.83. The molecule has 1 saturated carbocycles. The van der Waals surface area contributed by atoms with Crippen LogP contribution in [0, 0.1) is 0 Å². The van der Waals surface area contributed by atoms with E-state index >= 15 is 0 Å². The number of ether oxygens (including phenoxy) is 1. The van der Waals surface area contributed by atoms with Crippen LogP contribution in [-0.4, -0.2) is 67.0 Å². The maximum atomic E-state index is 12.1. The predicted molar refractivity (Wildman–Crippen MR) is 70.4 cm³/mol. The molecule has 0 radical (unpaired) electrons. The van der Waals surface area contributed by atoms with Crippen molar-refractivity contribution < 1.29 is 14.3 Å². The molecular formula is C13H23N3O3. The van der Waals surface area contributed by atoms with Crippen LogP contribution in [-0.2, 0) is 14.3 Å². The van der Waals surface area contributed by atoms with Gasteiger partial charge in [0.2, 0.25) is 11.8 Å². The van der Waals surface area contributed by atoms with Gasteiger partial charge in [-0.25, -0.2) is 0 Å². The third-order valence-corrected chi connectivity index (χ3v) is 4.11. The molecule has 1 aliphatic carbocycles. The lowest BCUT2D eigenvalue weighted by Crippen LogP contribution is -2.55. The molecule has 2 rings (SSSR count). The Hall–Kier alpha value is -1.14. The van der Waals surface area contributed by atoms with Gasteiger partial charge in [0.15, 0.2) is 0 Å². The molecule has 0 spiro atoms. The lowest BCUT2D eigenvalue weighted by molar-refractivity contribution is -0.142. The van der Waals surface area contributed by atoms with Crippen molar-refractivity contribution >= 4 is 11.8 Å². The molecule has 0 unspecified atom stereocenters. The number of hydrogen-bond acceptors (Lipinski definition) is 4. The van der Waals surface area contributed by atoms with Crippen LogP contribution >= 0.6 is 0 Å². The molecule has 0 aromatic rings. The molecule has 0 atom stereocenters. The third kappa shape index (κ3) is 3.45.